The fraction of sp³-hybridized carbons (Fsp3) is 0.412. The molecule has 21 heavy (non-hydrogen) atoms. The molecule has 0 N–H and O–H groups in total. The summed E-state index contributed by atoms with van der Waals surface area (Å²) in [7, 11) is 0. The molecule has 1 aliphatic rings. The topological polar surface area (TPSA) is 56.5 Å². The zero-order valence-corrected chi connectivity index (χ0v) is 12.3. The van der Waals surface area contributed by atoms with Crippen molar-refractivity contribution in [2.45, 2.75) is 32.6 Å². The molecule has 0 saturated carbocycles. The van der Waals surface area contributed by atoms with Gasteiger partial charge in [-0.2, -0.15) is 0 Å². The van der Waals surface area contributed by atoms with Crippen molar-refractivity contribution in [2.75, 3.05) is 13.2 Å². The predicted octanol–water partition coefficient (Wildman–Crippen LogP) is 3.20. The molecule has 1 aliphatic heterocycles. The molecule has 0 atom stereocenters. The molecule has 1 aromatic carbocycles. The van der Waals surface area contributed by atoms with Crippen LogP contribution in [0.5, 0.6) is 0 Å². The van der Waals surface area contributed by atoms with Gasteiger partial charge >= 0.3 is 0 Å². The molecule has 0 amide bonds. The van der Waals surface area contributed by atoms with Crippen LogP contribution in [0.15, 0.2) is 27.4 Å². The van der Waals surface area contributed by atoms with Crippen molar-refractivity contribution < 1.29 is 13.9 Å². The Labute approximate surface area is 122 Å². The van der Waals surface area contributed by atoms with E-state index >= 15 is 0 Å². The van der Waals surface area contributed by atoms with E-state index in [1.807, 2.05) is 6.92 Å². The number of carbonyl (C=O) groups excluding carboxylic acids is 1. The van der Waals surface area contributed by atoms with E-state index in [4.69, 9.17) is 9.15 Å². The van der Waals surface area contributed by atoms with Gasteiger partial charge in [0.2, 0.25) is 0 Å². The van der Waals surface area contributed by atoms with Gasteiger partial charge in [-0.05, 0) is 44.4 Å². The van der Waals surface area contributed by atoms with Crippen molar-refractivity contribution in [2.24, 2.45) is 0 Å². The Morgan fingerprint density at radius 3 is 2.57 bits per heavy atom. The van der Waals surface area contributed by atoms with Gasteiger partial charge in [0.15, 0.2) is 11.2 Å². The molecule has 0 unspecified atom stereocenters. The largest absolute Gasteiger partial charge is 0.460 e. The smallest absolute Gasteiger partial charge is 0.192 e. The lowest BCUT2D eigenvalue weighted by Gasteiger charge is -2.21. The highest BCUT2D eigenvalue weighted by Crippen LogP contribution is 2.29. The lowest BCUT2D eigenvalue weighted by atomic mass is 9.96. The minimum atomic E-state index is -0.0871. The second kappa shape index (κ2) is 5.45. The zero-order valence-electron chi connectivity index (χ0n) is 12.3. The number of carbonyl (C=O) groups is 1. The summed E-state index contributed by atoms with van der Waals surface area (Å²) >= 11 is 0. The lowest BCUT2D eigenvalue weighted by Crippen LogP contribution is -2.16. The Balaban J connectivity index is 2.22. The van der Waals surface area contributed by atoms with Gasteiger partial charge in [-0.15, -0.1) is 0 Å². The van der Waals surface area contributed by atoms with Crippen molar-refractivity contribution in [3.05, 3.63) is 45.3 Å². The van der Waals surface area contributed by atoms with E-state index in [2.05, 4.69) is 0 Å². The van der Waals surface area contributed by atoms with Crippen molar-refractivity contribution in [3.63, 3.8) is 0 Å². The number of rotatable bonds is 2. The number of hydrogen-bond donors (Lipinski definition) is 0. The molecule has 1 aromatic heterocycles. The quantitative estimate of drug-likeness (QED) is 0.795. The summed E-state index contributed by atoms with van der Waals surface area (Å²) in [5.74, 6) is 0.773. The van der Waals surface area contributed by atoms with Gasteiger partial charge in [0.05, 0.1) is 10.9 Å². The van der Waals surface area contributed by atoms with Crippen LogP contribution in [0.3, 0.4) is 0 Å². The molecule has 0 bridgehead atoms. The van der Waals surface area contributed by atoms with Crippen LogP contribution in [0.4, 0.5) is 0 Å². The van der Waals surface area contributed by atoms with E-state index in [1.165, 1.54) is 6.92 Å². The maximum atomic E-state index is 12.4. The summed E-state index contributed by atoms with van der Waals surface area (Å²) in [6.07, 6.45) is 1.69. The number of fused-ring (bicyclic) bond motifs is 1. The Morgan fingerprint density at radius 2 is 1.90 bits per heavy atom. The normalized spacial score (nSPS) is 16.3. The third kappa shape index (κ3) is 2.63. The lowest BCUT2D eigenvalue weighted by molar-refractivity contribution is 0.0807. The average molecular weight is 286 g/mol. The highest BCUT2D eigenvalue weighted by molar-refractivity contribution is 6.04. The third-order valence-electron chi connectivity index (χ3n) is 3.99. The number of benzene rings is 1. The van der Waals surface area contributed by atoms with E-state index < -0.39 is 0 Å². The van der Waals surface area contributed by atoms with Crippen molar-refractivity contribution >= 4 is 16.8 Å². The molecule has 1 saturated heterocycles. The van der Waals surface area contributed by atoms with Gasteiger partial charge in [-0.1, -0.05) is 0 Å². The van der Waals surface area contributed by atoms with Gasteiger partial charge in [0.25, 0.3) is 0 Å². The van der Waals surface area contributed by atoms with E-state index in [0.29, 0.717) is 35.5 Å². The van der Waals surface area contributed by atoms with Crippen LogP contribution in [0.2, 0.25) is 0 Å². The predicted molar refractivity (Wildman–Crippen MR) is 80.0 cm³/mol. The first-order valence-electron chi connectivity index (χ1n) is 7.23. The molecule has 2 aromatic rings. The molecule has 4 nitrogen and oxygen atoms in total. The third-order valence-corrected chi connectivity index (χ3v) is 3.99. The molecular weight excluding hydrogens is 268 g/mol. The van der Waals surface area contributed by atoms with E-state index in [1.54, 1.807) is 18.2 Å². The summed E-state index contributed by atoms with van der Waals surface area (Å²) in [6, 6.07) is 5.13. The molecule has 0 spiro atoms. The fourth-order valence-electron chi connectivity index (χ4n) is 2.87. The van der Waals surface area contributed by atoms with E-state index in [9.17, 15) is 9.59 Å². The van der Waals surface area contributed by atoms with Crippen LogP contribution in [0.1, 0.15) is 47.4 Å². The van der Waals surface area contributed by atoms with Gasteiger partial charge in [0.1, 0.15) is 11.3 Å². The van der Waals surface area contributed by atoms with Gasteiger partial charge < -0.3 is 9.15 Å². The van der Waals surface area contributed by atoms with Gasteiger partial charge in [0, 0.05) is 25.2 Å². The molecule has 2 heterocycles. The zero-order chi connectivity index (χ0) is 15.0. The van der Waals surface area contributed by atoms with Gasteiger partial charge in [-0.25, -0.2) is 0 Å². The Hall–Kier alpha value is -1.94. The van der Waals surface area contributed by atoms with Crippen LogP contribution in [-0.2, 0) is 4.74 Å². The molecule has 3 rings (SSSR count). The standard InChI is InChI=1S/C17H18O4/c1-10-7-13(11(2)18)17-14(8-10)15(19)9-16(21-17)12-3-5-20-6-4-12/h7-9,12H,3-6H2,1-2H3. The van der Waals surface area contributed by atoms with E-state index in [0.717, 1.165) is 18.4 Å². The number of ketones is 1. The maximum absolute atomic E-state index is 12.4. The molecular formula is C17H18O4. The Bertz CT molecular complexity index is 751. The first-order chi connectivity index (χ1) is 10.1. The summed E-state index contributed by atoms with van der Waals surface area (Å²) in [5, 5.41) is 0.482. The van der Waals surface area contributed by atoms with E-state index in [-0.39, 0.29) is 17.1 Å². The monoisotopic (exact) mass is 286 g/mol. The SMILES string of the molecule is CC(=O)c1cc(C)cc2c(=O)cc(C3CCOCC3)oc12. The Kier molecular flexibility index (Phi) is 3.64. The van der Waals surface area contributed by atoms with Crippen molar-refractivity contribution in [1.82, 2.24) is 0 Å². The minimum absolute atomic E-state index is 0.0797. The number of Topliss-reactive ketones (excluding diaryl/α,β-unsaturated/α-hetero) is 1. The van der Waals surface area contributed by atoms with Crippen molar-refractivity contribution in [1.29, 1.82) is 0 Å². The summed E-state index contributed by atoms with van der Waals surface area (Å²) in [5.41, 5.74) is 1.71. The highest BCUT2D eigenvalue weighted by atomic mass is 16.5. The first-order valence-corrected chi connectivity index (χ1v) is 7.23. The molecule has 4 heteroatoms. The molecule has 110 valence electrons. The maximum Gasteiger partial charge on any atom is 0.192 e. The van der Waals surface area contributed by atoms with Crippen LogP contribution in [0.25, 0.3) is 11.0 Å². The first kappa shape index (κ1) is 14.0. The molecule has 0 radical (unpaired) electrons. The minimum Gasteiger partial charge on any atom is -0.460 e. The summed E-state index contributed by atoms with van der Waals surface area (Å²) in [4.78, 5) is 24.2. The van der Waals surface area contributed by atoms with Gasteiger partial charge in [-0.3, -0.25) is 9.59 Å². The number of ether oxygens (including phenoxy) is 1. The second-order valence-electron chi connectivity index (χ2n) is 5.65. The Morgan fingerprint density at radius 1 is 1.19 bits per heavy atom. The summed E-state index contributed by atoms with van der Waals surface area (Å²) in [6.45, 7) is 4.73. The van der Waals surface area contributed by atoms with Crippen LogP contribution < -0.4 is 5.43 Å². The van der Waals surface area contributed by atoms with Crippen LogP contribution >= 0.6 is 0 Å². The molecule has 1 fully saturated rings. The number of aryl methyl sites for hydroxylation is 1. The van der Waals surface area contributed by atoms with Crippen molar-refractivity contribution in [3.8, 4) is 0 Å². The second-order valence-corrected chi connectivity index (χ2v) is 5.65. The average Bonchev–Trinajstić information content (AvgIpc) is 2.48. The van der Waals surface area contributed by atoms with Crippen LogP contribution in [-0.4, -0.2) is 19.0 Å². The summed E-state index contributed by atoms with van der Waals surface area (Å²) < 4.78 is 11.3. The molecule has 0 aliphatic carbocycles. The fourth-order valence-corrected chi connectivity index (χ4v) is 2.87. The highest BCUT2D eigenvalue weighted by Gasteiger charge is 2.21. The number of hydrogen-bond acceptors (Lipinski definition) is 4. The van der Waals surface area contributed by atoms with Crippen LogP contribution in [0, 0.1) is 6.92 Å².